The average molecular weight is 390 g/mol. The SMILES string of the molecule is C[C@H]1CC[C@@H](c2nc3c(ccc4cc5c(cc43)OCc3cc(Cl)ccc3-5)[nH]2)N1. The van der Waals surface area contributed by atoms with Gasteiger partial charge in [-0.3, -0.25) is 0 Å². The second kappa shape index (κ2) is 5.97. The zero-order chi connectivity index (χ0) is 18.8. The molecule has 0 aliphatic carbocycles. The fourth-order valence-electron chi connectivity index (χ4n) is 4.58. The number of imidazole rings is 1. The van der Waals surface area contributed by atoms with Gasteiger partial charge in [-0.2, -0.15) is 0 Å². The van der Waals surface area contributed by atoms with Gasteiger partial charge < -0.3 is 15.0 Å². The Kier molecular flexibility index (Phi) is 3.49. The normalized spacial score (nSPS) is 20.9. The first-order valence-electron chi connectivity index (χ1n) is 9.80. The molecule has 140 valence electrons. The lowest BCUT2D eigenvalue weighted by atomic mass is 9.94. The van der Waals surface area contributed by atoms with E-state index in [2.05, 4.69) is 47.6 Å². The highest BCUT2D eigenvalue weighted by atomic mass is 35.5. The quantitative estimate of drug-likeness (QED) is 0.436. The largest absolute Gasteiger partial charge is 0.488 e. The molecular weight excluding hydrogens is 370 g/mol. The molecule has 4 nitrogen and oxygen atoms in total. The summed E-state index contributed by atoms with van der Waals surface area (Å²) in [5, 5.41) is 6.66. The fourth-order valence-corrected chi connectivity index (χ4v) is 4.78. The van der Waals surface area contributed by atoms with E-state index < -0.39 is 0 Å². The van der Waals surface area contributed by atoms with E-state index in [0.717, 1.165) is 50.6 Å². The molecule has 1 saturated heterocycles. The number of hydrogen-bond donors (Lipinski definition) is 2. The highest BCUT2D eigenvalue weighted by molar-refractivity contribution is 6.30. The predicted octanol–water partition coefficient (Wildman–Crippen LogP) is 5.74. The highest BCUT2D eigenvalue weighted by Crippen LogP contribution is 2.42. The molecule has 1 fully saturated rings. The lowest BCUT2D eigenvalue weighted by Gasteiger charge is -2.21. The molecule has 0 bridgehead atoms. The Hall–Kier alpha value is -2.56. The van der Waals surface area contributed by atoms with E-state index in [1.807, 2.05) is 12.1 Å². The van der Waals surface area contributed by atoms with Gasteiger partial charge >= 0.3 is 0 Å². The van der Waals surface area contributed by atoms with Crippen LogP contribution in [-0.2, 0) is 6.61 Å². The Morgan fingerprint density at radius 3 is 2.86 bits per heavy atom. The Balaban J connectivity index is 1.52. The van der Waals surface area contributed by atoms with Gasteiger partial charge in [-0.25, -0.2) is 4.98 Å². The third-order valence-electron chi connectivity index (χ3n) is 6.03. The van der Waals surface area contributed by atoms with Gasteiger partial charge in [0.05, 0.1) is 17.1 Å². The number of fused-ring (bicyclic) bond motifs is 6. The van der Waals surface area contributed by atoms with Gasteiger partial charge in [-0.15, -0.1) is 0 Å². The molecule has 5 heteroatoms. The summed E-state index contributed by atoms with van der Waals surface area (Å²) < 4.78 is 6.07. The molecule has 28 heavy (non-hydrogen) atoms. The maximum Gasteiger partial charge on any atom is 0.128 e. The minimum Gasteiger partial charge on any atom is -0.488 e. The lowest BCUT2D eigenvalue weighted by Crippen LogP contribution is -2.21. The van der Waals surface area contributed by atoms with Crippen molar-refractivity contribution in [2.24, 2.45) is 0 Å². The van der Waals surface area contributed by atoms with Gasteiger partial charge in [0.25, 0.3) is 0 Å². The Labute approximate surface area is 167 Å². The van der Waals surface area contributed by atoms with Gasteiger partial charge in [0.15, 0.2) is 0 Å². The number of aromatic nitrogens is 2. The Morgan fingerprint density at radius 2 is 2.00 bits per heavy atom. The van der Waals surface area contributed by atoms with Crippen LogP contribution in [0.1, 0.15) is 37.2 Å². The van der Waals surface area contributed by atoms with Crippen LogP contribution in [0.3, 0.4) is 0 Å². The van der Waals surface area contributed by atoms with Crippen LogP contribution in [0.25, 0.3) is 32.9 Å². The number of halogens is 1. The van der Waals surface area contributed by atoms with E-state index in [1.54, 1.807) is 0 Å². The zero-order valence-electron chi connectivity index (χ0n) is 15.6. The molecule has 0 saturated carbocycles. The van der Waals surface area contributed by atoms with Crippen LogP contribution in [0.4, 0.5) is 0 Å². The van der Waals surface area contributed by atoms with Crippen molar-refractivity contribution >= 4 is 33.4 Å². The molecule has 1 aromatic heterocycles. The summed E-state index contributed by atoms with van der Waals surface area (Å²) in [5.41, 5.74) is 5.53. The van der Waals surface area contributed by atoms with E-state index in [0.29, 0.717) is 18.7 Å². The molecule has 2 aliphatic heterocycles. The second-order valence-corrected chi connectivity index (χ2v) is 8.38. The van der Waals surface area contributed by atoms with Crippen molar-refractivity contribution in [2.45, 2.75) is 38.5 Å². The van der Waals surface area contributed by atoms with Crippen LogP contribution in [0.2, 0.25) is 5.02 Å². The molecular formula is C23H20ClN3O. The van der Waals surface area contributed by atoms with E-state index >= 15 is 0 Å². The minimum absolute atomic E-state index is 0.308. The molecule has 0 radical (unpaired) electrons. The number of rotatable bonds is 1. The third kappa shape index (κ3) is 2.45. The summed E-state index contributed by atoms with van der Waals surface area (Å²) in [6, 6.07) is 15.5. The second-order valence-electron chi connectivity index (χ2n) is 7.94. The molecule has 2 N–H and O–H groups in total. The number of ether oxygens (including phenoxy) is 1. The van der Waals surface area contributed by atoms with E-state index in [-0.39, 0.29) is 0 Å². The first-order chi connectivity index (χ1) is 13.7. The van der Waals surface area contributed by atoms with Crippen molar-refractivity contribution < 1.29 is 4.74 Å². The van der Waals surface area contributed by atoms with Crippen LogP contribution in [-0.4, -0.2) is 16.0 Å². The molecule has 4 aromatic rings. The summed E-state index contributed by atoms with van der Waals surface area (Å²) >= 11 is 6.16. The van der Waals surface area contributed by atoms with Gasteiger partial charge in [-0.1, -0.05) is 23.7 Å². The summed E-state index contributed by atoms with van der Waals surface area (Å²) in [7, 11) is 0. The molecule has 0 amide bonds. The number of aromatic amines is 1. The number of benzene rings is 3. The smallest absolute Gasteiger partial charge is 0.128 e. The summed E-state index contributed by atoms with van der Waals surface area (Å²) in [6.07, 6.45) is 2.31. The van der Waals surface area contributed by atoms with Crippen LogP contribution >= 0.6 is 11.6 Å². The predicted molar refractivity (Wildman–Crippen MR) is 113 cm³/mol. The number of nitrogens with zero attached hydrogens (tertiary/aromatic N) is 1. The Bertz CT molecular complexity index is 1250. The lowest BCUT2D eigenvalue weighted by molar-refractivity contribution is 0.303. The van der Waals surface area contributed by atoms with Crippen molar-refractivity contribution in [2.75, 3.05) is 0 Å². The van der Waals surface area contributed by atoms with Gasteiger partial charge in [0, 0.05) is 22.0 Å². The van der Waals surface area contributed by atoms with Crippen LogP contribution in [0.5, 0.6) is 5.75 Å². The van der Waals surface area contributed by atoms with Crippen molar-refractivity contribution in [1.82, 2.24) is 15.3 Å². The van der Waals surface area contributed by atoms with Crippen molar-refractivity contribution in [3.8, 4) is 16.9 Å². The first-order valence-corrected chi connectivity index (χ1v) is 10.2. The first kappa shape index (κ1) is 16.4. The van der Waals surface area contributed by atoms with Gasteiger partial charge in [-0.05, 0) is 66.6 Å². The highest BCUT2D eigenvalue weighted by Gasteiger charge is 2.25. The minimum atomic E-state index is 0.308. The topological polar surface area (TPSA) is 49.9 Å². The van der Waals surface area contributed by atoms with E-state index in [1.165, 1.54) is 17.4 Å². The molecule has 2 atom stereocenters. The van der Waals surface area contributed by atoms with Crippen molar-refractivity contribution in [3.05, 3.63) is 58.9 Å². The average Bonchev–Trinajstić information content (AvgIpc) is 3.32. The standard InChI is InChI=1S/C23H20ClN3O/c1-12-2-6-20(25-12)23-26-19-7-3-13-9-18-16-5-4-15(24)8-14(16)11-28-21(18)10-17(13)22(19)27-23/h3-5,7-10,12,20,25H,2,6,11H2,1H3,(H,26,27)/t12-,20-/m0/s1. The van der Waals surface area contributed by atoms with Crippen LogP contribution < -0.4 is 10.1 Å². The maximum absolute atomic E-state index is 6.16. The van der Waals surface area contributed by atoms with Crippen LogP contribution in [0, 0.1) is 0 Å². The summed E-state index contributed by atoms with van der Waals surface area (Å²) in [5.74, 6) is 1.94. The van der Waals surface area contributed by atoms with E-state index in [4.69, 9.17) is 21.3 Å². The Morgan fingerprint density at radius 1 is 1.07 bits per heavy atom. The third-order valence-corrected chi connectivity index (χ3v) is 6.27. The molecule has 0 unspecified atom stereocenters. The van der Waals surface area contributed by atoms with Crippen molar-refractivity contribution in [3.63, 3.8) is 0 Å². The van der Waals surface area contributed by atoms with Gasteiger partial charge in [0.2, 0.25) is 0 Å². The molecule has 6 rings (SSSR count). The molecule has 3 aromatic carbocycles. The van der Waals surface area contributed by atoms with Crippen LogP contribution in [0.15, 0.2) is 42.5 Å². The maximum atomic E-state index is 6.16. The fraction of sp³-hybridized carbons (Fsp3) is 0.261. The number of nitrogens with one attached hydrogen (secondary N) is 2. The molecule has 3 heterocycles. The van der Waals surface area contributed by atoms with E-state index in [9.17, 15) is 0 Å². The monoisotopic (exact) mass is 389 g/mol. The number of H-pyrrole nitrogens is 1. The number of hydrogen-bond acceptors (Lipinski definition) is 3. The van der Waals surface area contributed by atoms with Gasteiger partial charge in [0.1, 0.15) is 18.2 Å². The summed E-state index contributed by atoms with van der Waals surface area (Å²) in [6.45, 7) is 2.77. The molecule has 0 spiro atoms. The zero-order valence-corrected chi connectivity index (χ0v) is 16.3. The summed E-state index contributed by atoms with van der Waals surface area (Å²) in [4.78, 5) is 8.49. The van der Waals surface area contributed by atoms with Crippen molar-refractivity contribution in [1.29, 1.82) is 0 Å². The molecule has 2 aliphatic rings.